The Hall–Kier alpha value is -1.51. The molecule has 0 saturated carbocycles. The predicted molar refractivity (Wildman–Crippen MR) is 60.4 cm³/mol. The average molecular weight is 207 g/mol. The van der Waals surface area contributed by atoms with Crippen LogP contribution in [0.3, 0.4) is 0 Å². The SMILES string of the molecule is CCCOC(=O)CCc1ccccc1N. The third-order valence-electron chi connectivity index (χ3n) is 2.12. The van der Waals surface area contributed by atoms with Crippen LogP contribution in [0.5, 0.6) is 0 Å². The van der Waals surface area contributed by atoms with E-state index in [1.165, 1.54) is 0 Å². The lowest BCUT2D eigenvalue weighted by Crippen LogP contribution is -2.07. The van der Waals surface area contributed by atoms with E-state index < -0.39 is 0 Å². The number of carbonyl (C=O) groups is 1. The van der Waals surface area contributed by atoms with Crippen molar-refractivity contribution in [3.05, 3.63) is 29.8 Å². The van der Waals surface area contributed by atoms with Crippen molar-refractivity contribution in [3.8, 4) is 0 Å². The number of para-hydroxylation sites is 1. The largest absolute Gasteiger partial charge is 0.466 e. The van der Waals surface area contributed by atoms with Crippen molar-refractivity contribution in [1.82, 2.24) is 0 Å². The van der Waals surface area contributed by atoms with Crippen molar-refractivity contribution in [3.63, 3.8) is 0 Å². The molecule has 0 spiro atoms. The summed E-state index contributed by atoms with van der Waals surface area (Å²) in [5.41, 5.74) is 7.50. The molecule has 0 saturated heterocycles. The Balaban J connectivity index is 2.37. The van der Waals surface area contributed by atoms with Crippen molar-refractivity contribution in [1.29, 1.82) is 0 Å². The van der Waals surface area contributed by atoms with E-state index in [2.05, 4.69) is 0 Å². The molecule has 2 N–H and O–H groups in total. The van der Waals surface area contributed by atoms with Crippen LogP contribution in [0.2, 0.25) is 0 Å². The van der Waals surface area contributed by atoms with Crippen LogP contribution in [0.15, 0.2) is 24.3 Å². The Labute approximate surface area is 90.2 Å². The summed E-state index contributed by atoms with van der Waals surface area (Å²) >= 11 is 0. The number of carbonyl (C=O) groups excluding carboxylic acids is 1. The Kier molecular flexibility index (Phi) is 4.68. The number of nitrogens with two attached hydrogens (primary N) is 1. The molecular formula is C12H17NO2. The Bertz CT molecular complexity index is 323. The van der Waals surface area contributed by atoms with E-state index in [1.54, 1.807) is 0 Å². The van der Waals surface area contributed by atoms with Crippen LogP contribution in [0, 0.1) is 0 Å². The van der Waals surface area contributed by atoms with Crippen molar-refractivity contribution in [2.75, 3.05) is 12.3 Å². The second-order valence-corrected chi connectivity index (χ2v) is 3.42. The molecule has 0 aliphatic carbocycles. The standard InChI is InChI=1S/C12H17NO2/c1-2-9-15-12(14)8-7-10-5-3-4-6-11(10)13/h3-6H,2,7-9,13H2,1H3. The molecule has 0 bridgehead atoms. The molecular weight excluding hydrogens is 190 g/mol. The van der Waals surface area contributed by atoms with Crippen LogP contribution < -0.4 is 5.73 Å². The highest BCUT2D eigenvalue weighted by Gasteiger charge is 2.04. The molecule has 0 aliphatic rings. The third-order valence-corrected chi connectivity index (χ3v) is 2.12. The smallest absolute Gasteiger partial charge is 0.306 e. The number of rotatable bonds is 5. The quantitative estimate of drug-likeness (QED) is 0.594. The average Bonchev–Trinajstić information content (AvgIpc) is 2.25. The highest BCUT2D eigenvalue weighted by molar-refractivity contribution is 5.70. The van der Waals surface area contributed by atoms with E-state index in [1.807, 2.05) is 31.2 Å². The number of aryl methyl sites for hydroxylation is 1. The van der Waals surface area contributed by atoms with Gasteiger partial charge in [-0.25, -0.2) is 0 Å². The number of nitrogen functional groups attached to an aromatic ring is 1. The molecule has 0 aliphatic heterocycles. The molecule has 1 aromatic rings. The van der Waals surface area contributed by atoms with E-state index in [-0.39, 0.29) is 5.97 Å². The highest BCUT2D eigenvalue weighted by Crippen LogP contribution is 2.12. The molecule has 0 fully saturated rings. The summed E-state index contributed by atoms with van der Waals surface area (Å²) < 4.78 is 4.97. The maximum atomic E-state index is 11.2. The second-order valence-electron chi connectivity index (χ2n) is 3.42. The van der Waals surface area contributed by atoms with E-state index in [0.29, 0.717) is 19.4 Å². The van der Waals surface area contributed by atoms with Crippen molar-refractivity contribution >= 4 is 11.7 Å². The van der Waals surface area contributed by atoms with Crippen LogP contribution in [0.25, 0.3) is 0 Å². The summed E-state index contributed by atoms with van der Waals surface area (Å²) in [7, 11) is 0. The maximum Gasteiger partial charge on any atom is 0.306 e. The first-order valence-electron chi connectivity index (χ1n) is 5.23. The topological polar surface area (TPSA) is 52.3 Å². The number of hydrogen-bond donors (Lipinski definition) is 1. The van der Waals surface area contributed by atoms with Gasteiger partial charge in [0, 0.05) is 12.1 Å². The number of anilines is 1. The fourth-order valence-corrected chi connectivity index (χ4v) is 1.29. The first-order chi connectivity index (χ1) is 7.24. The van der Waals surface area contributed by atoms with Gasteiger partial charge in [-0.05, 0) is 24.5 Å². The lowest BCUT2D eigenvalue weighted by atomic mass is 10.1. The van der Waals surface area contributed by atoms with E-state index >= 15 is 0 Å². The van der Waals surface area contributed by atoms with Gasteiger partial charge in [-0.1, -0.05) is 25.1 Å². The summed E-state index contributed by atoms with van der Waals surface area (Å²) in [5.74, 6) is -0.153. The predicted octanol–water partition coefficient (Wildman–Crippen LogP) is 2.15. The number of ether oxygens (including phenoxy) is 1. The second kappa shape index (κ2) is 6.06. The molecule has 1 rings (SSSR count). The van der Waals surface area contributed by atoms with Gasteiger partial charge in [0.25, 0.3) is 0 Å². The fraction of sp³-hybridized carbons (Fsp3) is 0.417. The molecule has 0 aromatic heterocycles. The zero-order valence-electron chi connectivity index (χ0n) is 9.03. The van der Waals surface area contributed by atoms with Gasteiger partial charge >= 0.3 is 5.97 Å². The van der Waals surface area contributed by atoms with Crippen LogP contribution in [0.4, 0.5) is 5.69 Å². The van der Waals surface area contributed by atoms with Gasteiger partial charge in [0.2, 0.25) is 0 Å². The van der Waals surface area contributed by atoms with Gasteiger partial charge in [-0.3, -0.25) is 4.79 Å². The molecule has 15 heavy (non-hydrogen) atoms. The van der Waals surface area contributed by atoms with E-state index in [4.69, 9.17) is 10.5 Å². The van der Waals surface area contributed by atoms with Crippen molar-refractivity contribution < 1.29 is 9.53 Å². The van der Waals surface area contributed by atoms with E-state index in [9.17, 15) is 4.79 Å². The minimum absolute atomic E-state index is 0.153. The monoisotopic (exact) mass is 207 g/mol. The zero-order chi connectivity index (χ0) is 11.1. The highest BCUT2D eigenvalue weighted by atomic mass is 16.5. The number of hydrogen-bond acceptors (Lipinski definition) is 3. The molecule has 0 heterocycles. The van der Waals surface area contributed by atoms with Crippen LogP contribution in [0.1, 0.15) is 25.3 Å². The molecule has 1 aromatic carbocycles. The summed E-state index contributed by atoms with van der Waals surface area (Å²) in [6, 6.07) is 7.58. The number of esters is 1. The minimum Gasteiger partial charge on any atom is -0.466 e. The molecule has 0 unspecified atom stereocenters. The van der Waals surface area contributed by atoms with Gasteiger partial charge in [-0.2, -0.15) is 0 Å². The van der Waals surface area contributed by atoms with Gasteiger partial charge in [-0.15, -0.1) is 0 Å². The summed E-state index contributed by atoms with van der Waals surface area (Å²) in [5, 5.41) is 0. The lowest BCUT2D eigenvalue weighted by Gasteiger charge is -2.05. The van der Waals surface area contributed by atoms with Crippen molar-refractivity contribution in [2.24, 2.45) is 0 Å². The minimum atomic E-state index is -0.153. The first kappa shape index (κ1) is 11.6. The fourth-order valence-electron chi connectivity index (χ4n) is 1.29. The molecule has 0 atom stereocenters. The summed E-state index contributed by atoms with van der Waals surface area (Å²) in [6.07, 6.45) is 1.91. The first-order valence-corrected chi connectivity index (χ1v) is 5.23. The normalized spacial score (nSPS) is 9.93. The van der Waals surface area contributed by atoms with Gasteiger partial charge in [0.05, 0.1) is 6.61 Å². The Morgan fingerprint density at radius 1 is 1.40 bits per heavy atom. The molecule has 3 nitrogen and oxygen atoms in total. The zero-order valence-corrected chi connectivity index (χ0v) is 9.03. The van der Waals surface area contributed by atoms with Crippen LogP contribution in [-0.4, -0.2) is 12.6 Å². The van der Waals surface area contributed by atoms with Crippen molar-refractivity contribution in [2.45, 2.75) is 26.2 Å². The summed E-state index contributed by atoms with van der Waals surface area (Å²) in [4.78, 5) is 11.2. The Morgan fingerprint density at radius 3 is 2.80 bits per heavy atom. The number of benzene rings is 1. The molecule has 82 valence electrons. The molecule has 3 heteroatoms. The summed E-state index contributed by atoms with van der Waals surface area (Å²) in [6.45, 7) is 2.48. The maximum absolute atomic E-state index is 11.2. The van der Waals surface area contributed by atoms with Crippen LogP contribution in [-0.2, 0) is 16.0 Å². The van der Waals surface area contributed by atoms with Crippen LogP contribution >= 0.6 is 0 Å². The Morgan fingerprint density at radius 2 is 2.13 bits per heavy atom. The molecule has 0 radical (unpaired) electrons. The van der Waals surface area contributed by atoms with Gasteiger partial charge in [0.1, 0.15) is 0 Å². The third kappa shape index (κ3) is 4.02. The van der Waals surface area contributed by atoms with Gasteiger partial charge < -0.3 is 10.5 Å². The lowest BCUT2D eigenvalue weighted by molar-refractivity contribution is -0.143. The molecule has 0 amide bonds. The van der Waals surface area contributed by atoms with Gasteiger partial charge in [0.15, 0.2) is 0 Å². The van der Waals surface area contributed by atoms with E-state index in [0.717, 1.165) is 17.7 Å².